The van der Waals surface area contributed by atoms with Crippen molar-refractivity contribution >= 4 is 35.8 Å². The van der Waals surface area contributed by atoms with Gasteiger partial charge in [0.2, 0.25) is 0 Å². The van der Waals surface area contributed by atoms with E-state index in [-0.39, 0.29) is 44.5 Å². The molecule has 0 atom stereocenters. The second kappa shape index (κ2) is 14.4. The molecule has 2 amide bonds. The smallest absolute Gasteiger partial charge is 0.657 e. The van der Waals surface area contributed by atoms with Crippen LogP contribution in [0, 0.1) is 13.8 Å². The van der Waals surface area contributed by atoms with Gasteiger partial charge in [0, 0.05) is 36.6 Å². The molecule has 0 spiro atoms. The van der Waals surface area contributed by atoms with Crippen molar-refractivity contribution in [1.29, 1.82) is 0 Å². The molecule has 2 aliphatic rings. The van der Waals surface area contributed by atoms with Gasteiger partial charge in [-0.3, -0.25) is 4.79 Å². The first-order valence-corrected chi connectivity index (χ1v) is 14.6. The zero-order chi connectivity index (χ0) is 29.8. The monoisotopic (exact) mass is 620 g/mol. The number of aromatic amines is 1. The van der Waals surface area contributed by atoms with E-state index in [9.17, 15) is 19.8 Å². The van der Waals surface area contributed by atoms with Gasteiger partial charge in [-0.1, -0.05) is 62.6 Å². The molecule has 0 fully saturated rings. The molecule has 8 nitrogen and oxygen atoms in total. The average molecular weight is 622 g/mol. The molecule has 9 heteroatoms. The molecule has 4 rings (SSSR count). The quantitative estimate of drug-likeness (QED) is 0.329. The normalized spacial score (nSPS) is 17.2. The molecule has 2 aromatic rings. The number of hydrogen-bond donors (Lipinski definition) is 3. The Morgan fingerprint density at radius 1 is 0.738 bits per heavy atom. The fourth-order valence-corrected chi connectivity index (χ4v) is 5.96. The van der Waals surface area contributed by atoms with Crippen LogP contribution < -0.4 is 15.7 Å². The fourth-order valence-electron chi connectivity index (χ4n) is 5.96. The number of carbonyl (C=O) groups is 2. The number of nitrogens with one attached hydrogen (secondary N) is 1. The van der Waals surface area contributed by atoms with Crippen LogP contribution in [0.5, 0.6) is 0 Å². The van der Waals surface area contributed by atoms with Gasteiger partial charge in [0.1, 0.15) is 0 Å². The molecule has 0 aliphatic carbocycles. The molecule has 2 aliphatic heterocycles. The van der Waals surface area contributed by atoms with Crippen molar-refractivity contribution in [2.45, 2.75) is 80.1 Å². The zero-order valence-electron chi connectivity index (χ0n) is 25.6. The summed E-state index contributed by atoms with van der Waals surface area (Å²) in [6.07, 6.45) is 9.47. The van der Waals surface area contributed by atoms with Crippen LogP contribution in [0.1, 0.15) is 87.0 Å². The number of aliphatic hydroxyl groups is 2. The summed E-state index contributed by atoms with van der Waals surface area (Å²) in [5.41, 5.74) is 10.5. The SMILES string of the molecule is CCC1=C(CCO)C(=O)N=C1/C=c1/[n-]/c(=C\c2[nH]c(/C=C3\[N-]C(=O)C(CCO)=C3CC)c(C)c2CC)c(CC)c1C.[Zn+2]. The van der Waals surface area contributed by atoms with E-state index in [4.69, 9.17) is 4.98 Å². The maximum Gasteiger partial charge on any atom is 2.00 e. The van der Waals surface area contributed by atoms with Crippen LogP contribution in [-0.4, -0.2) is 45.9 Å². The minimum absolute atomic E-state index is 0. The zero-order valence-corrected chi connectivity index (χ0v) is 28.6. The van der Waals surface area contributed by atoms with Crippen LogP contribution in [0.25, 0.3) is 23.5 Å². The molecule has 0 bridgehead atoms. The first kappa shape index (κ1) is 33.4. The molecule has 0 radical (unpaired) electrons. The Morgan fingerprint density at radius 3 is 1.98 bits per heavy atom. The number of aliphatic imine (C=N–C) groups is 1. The summed E-state index contributed by atoms with van der Waals surface area (Å²) < 4.78 is 0. The summed E-state index contributed by atoms with van der Waals surface area (Å²) in [7, 11) is 0. The number of H-pyrrole nitrogens is 1. The van der Waals surface area contributed by atoms with E-state index in [1.807, 2.05) is 32.9 Å². The van der Waals surface area contributed by atoms with Crippen molar-refractivity contribution in [3.63, 3.8) is 0 Å². The minimum atomic E-state index is -0.273. The largest absolute Gasteiger partial charge is 2.00 e. The first-order valence-electron chi connectivity index (χ1n) is 14.6. The molecule has 3 N–H and O–H groups in total. The van der Waals surface area contributed by atoms with Crippen LogP contribution in [0.15, 0.2) is 33.0 Å². The maximum atomic E-state index is 12.5. The number of rotatable bonds is 11. The predicted molar refractivity (Wildman–Crippen MR) is 163 cm³/mol. The van der Waals surface area contributed by atoms with E-state index in [0.29, 0.717) is 48.2 Å². The van der Waals surface area contributed by atoms with E-state index >= 15 is 0 Å². The van der Waals surface area contributed by atoms with Gasteiger partial charge in [-0.15, -0.1) is 16.4 Å². The van der Waals surface area contributed by atoms with Gasteiger partial charge < -0.3 is 30.3 Å². The molecular formula is C33H40N4O4Zn. The Labute approximate surface area is 260 Å². The van der Waals surface area contributed by atoms with E-state index in [2.05, 4.69) is 42.1 Å². The second-order valence-corrected chi connectivity index (χ2v) is 10.4. The number of carbonyl (C=O) groups excluding carboxylic acids is 2. The topological polar surface area (TPSA) is 131 Å². The fraction of sp³-hybridized carbons (Fsp3) is 0.424. The molecule has 0 saturated heterocycles. The molecule has 4 heterocycles. The average Bonchev–Trinajstić information content (AvgIpc) is 3.61. The number of hydrogen-bond acceptors (Lipinski definition) is 4. The molecule has 0 saturated carbocycles. The summed E-state index contributed by atoms with van der Waals surface area (Å²) in [5, 5.41) is 24.8. The van der Waals surface area contributed by atoms with Gasteiger partial charge in [-0.05, 0) is 68.2 Å². The Hall–Kier alpha value is -3.13. The third-order valence-corrected chi connectivity index (χ3v) is 8.12. The molecule has 2 aromatic heterocycles. The number of aromatic nitrogens is 2. The van der Waals surface area contributed by atoms with E-state index in [1.165, 1.54) is 5.56 Å². The number of aliphatic hydroxyl groups excluding tert-OH is 2. The van der Waals surface area contributed by atoms with E-state index < -0.39 is 0 Å². The van der Waals surface area contributed by atoms with Crippen LogP contribution in [0.2, 0.25) is 0 Å². The molecule has 0 unspecified atom stereocenters. The van der Waals surface area contributed by atoms with Crippen LogP contribution in [0.3, 0.4) is 0 Å². The standard InChI is InChI=1S/C33H42N4O4.Zn/c1-7-20-18(5)26(15-30-22(9-3)24(11-13-38)32(40)36-30)34-28(20)17-29-21(8-2)19(6)27(35-29)16-31-23(10-4)25(12-14-39)33(41)37-31;/h15-17,38-39H,7-14H2,1-6H3,(H3,34,35,36,37,40,41);/q;+2/p-2. The van der Waals surface area contributed by atoms with Gasteiger partial charge in [0.15, 0.2) is 0 Å². The van der Waals surface area contributed by atoms with E-state index in [0.717, 1.165) is 62.8 Å². The third kappa shape index (κ3) is 6.29. The number of allylic oxidation sites excluding steroid dienone is 2. The van der Waals surface area contributed by atoms with Crippen molar-refractivity contribution in [2.75, 3.05) is 13.2 Å². The summed E-state index contributed by atoms with van der Waals surface area (Å²) >= 11 is 0. The van der Waals surface area contributed by atoms with Crippen LogP contribution in [0.4, 0.5) is 0 Å². The number of nitrogens with zero attached hydrogens (tertiary/aromatic N) is 3. The molecule has 218 valence electrons. The van der Waals surface area contributed by atoms with Crippen molar-refractivity contribution < 1.29 is 39.3 Å². The third-order valence-electron chi connectivity index (χ3n) is 8.12. The summed E-state index contributed by atoms with van der Waals surface area (Å²) in [6.45, 7) is 12.2. The maximum absolute atomic E-state index is 12.5. The second-order valence-electron chi connectivity index (χ2n) is 10.4. The van der Waals surface area contributed by atoms with Crippen molar-refractivity contribution in [3.8, 4) is 0 Å². The van der Waals surface area contributed by atoms with Gasteiger partial charge in [-0.25, -0.2) is 4.99 Å². The van der Waals surface area contributed by atoms with Gasteiger partial charge in [-0.2, -0.15) is 0 Å². The van der Waals surface area contributed by atoms with Crippen LogP contribution in [-0.2, 0) is 41.9 Å². The van der Waals surface area contributed by atoms with Gasteiger partial charge in [0.05, 0.1) is 11.6 Å². The molecule has 42 heavy (non-hydrogen) atoms. The Balaban J connectivity index is 0.00000484. The van der Waals surface area contributed by atoms with Gasteiger partial charge in [0.25, 0.3) is 5.91 Å². The van der Waals surface area contributed by atoms with Crippen LogP contribution >= 0.6 is 0 Å². The van der Waals surface area contributed by atoms with E-state index in [1.54, 1.807) is 0 Å². The Morgan fingerprint density at radius 2 is 1.38 bits per heavy atom. The van der Waals surface area contributed by atoms with Crippen molar-refractivity contribution in [1.82, 2.24) is 9.97 Å². The van der Waals surface area contributed by atoms with Crippen molar-refractivity contribution in [3.05, 3.63) is 77.6 Å². The Bertz CT molecular complexity index is 1630. The summed E-state index contributed by atoms with van der Waals surface area (Å²) in [4.78, 5) is 37.8. The summed E-state index contributed by atoms with van der Waals surface area (Å²) in [6, 6.07) is 0. The minimum Gasteiger partial charge on any atom is -0.657 e. The Kier molecular flexibility index (Phi) is 11.4. The molecular weight excluding hydrogens is 582 g/mol. The molecule has 0 aromatic carbocycles. The van der Waals surface area contributed by atoms with Gasteiger partial charge >= 0.3 is 19.5 Å². The van der Waals surface area contributed by atoms with Crippen molar-refractivity contribution in [2.24, 2.45) is 4.99 Å². The predicted octanol–water partition coefficient (Wildman–Crippen LogP) is 3.73. The number of amides is 2. The summed E-state index contributed by atoms with van der Waals surface area (Å²) in [5.74, 6) is -0.537. The first-order chi connectivity index (χ1) is 19.7.